The number of aliphatic hydroxyl groups is 2. The number of benzene rings is 2. The second kappa shape index (κ2) is 19.2. The number of rotatable bonds is 16. The van der Waals surface area contributed by atoms with Crippen molar-refractivity contribution in [2.24, 2.45) is 0 Å². The molecule has 1 fully saturated rings. The first kappa shape index (κ1) is 42.8. The number of aromatic hydroxyl groups is 1. The number of aromatic nitrogens is 1. The lowest BCUT2D eigenvalue weighted by atomic mass is 9.91. The van der Waals surface area contributed by atoms with Crippen LogP contribution in [-0.4, -0.2) is 83.0 Å². The summed E-state index contributed by atoms with van der Waals surface area (Å²) in [4.78, 5) is 44.0. The molecule has 1 saturated carbocycles. The van der Waals surface area contributed by atoms with Gasteiger partial charge in [0, 0.05) is 43.1 Å². The van der Waals surface area contributed by atoms with E-state index in [0.717, 1.165) is 18.4 Å². The highest BCUT2D eigenvalue weighted by atomic mass is 35.5. The van der Waals surface area contributed by atoms with E-state index in [1.165, 1.54) is 34.8 Å². The number of amides is 1. The zero-order valence-corrected chi connectivity index (χ0v) is 33.3. The second-order valence-electron chi connectivity index (χ2n) is 13.7. The number of nitrogens with one attached hydrogen (secondary N) is 3. The first-order valence-corrected chi connectivity index (χ1v) is 20.2. The molecule has 0 spiro atoms. The largest absolute Gasteiger partial charge is 0.506 e. The molecule has 6 rings (SSSR count). The van der Waals surface area contributed by atoms with Crippen molar-refractivity contribution in [3.63, 3.8) is 0 Å². The number of phenolic OH excluding ortho intramolecular Hbond substituents is 1. The van der Waals surface area contributed by atoms with E-state index >= 15 is 0 Å². The number of esters is 1. The number of aliphatic hydroxyl groups excluding tert-OH is 1. The molecule has 5 aromatic rings. The van der Waals surface area contributed by atoms with Crippen LogP contribution in [0.3, 0.4) is 0 Å². The molecule has 16 heteroatoms. The molecule has 0 saturated heterocycles. The van der Waals surface area contributed by atoms with Crippen LogP contribution in [0.25, 0.3) is 10.9 Å². The minimum absolute atomic E-state index is 0. The van der Waals surface area contributed by atoms with Crippen molar-refractivity contribution in [2.45, 2.75) is 62.4 Å². The number of carbonyl (C=O) groups is 2. The van der Waals surface area contributed by atoms with Gasteiger partial charge in [-0.15, -0.1) is 22.7 Å². The predicted molar refractivity (Wildman–Crippen MR) is 218 cm³/mol. The van der Waals surface area contributed by atoms with E-state index in [2.05, 4.69) is 20.5 Å². The summed E-state index contributed by atoms with van der Waals surface area (Å²) < 4.78 is 11.5. The lowest BCUT2D eigenvalue weighted by molar-refractivity contribution is -0.169. The third-order valence-corrected chi connectivity index (χ3v) is 12.4. The molecule has 12 nitrogen and oxygen atoms in total. The van der Waals surface area contributed by atoms with E-state index in [1.54, 1.807) is 43.5 Å². The number of thiophene rings is 2. The van der Waals surface area contributed by atoms with Crippen molar-refractivity contribution in [2.75, 3.05) is 39.1 Å². The Labute approximate surface area is 336 Å². The number of H-pyrrole nitrogens is 1. The summed E-state index contributed by atoms with van der Waals surface area (Å²) in [6, 6.07) is 16.8. The Morgan fingerprint density at radius 2 is 1.75 bits per heavy atom. The fraction of sp³-hybridized carbons (Fsp3) is 0.375. The molecule has 56 heavy (non-hydrogen) atoms. The maximum Gasteiger partial charge on any atom is 0.349 e. The summed E-state index contributed by atoms with van der Waals surface area (Å²) >= 11 is 9.25. The number of pyridine rings is 1. The molecule has 0 bridgehead atoms. The van der Waals surface area contributed by atoms with Gasteiger partial charge in [0.25, 0.3) is 0 Å². The Morgan fingerprint density at radius 1 is 1.05 bits per heavy atom. The Kier molecular flexibility index (Phi) is 14.7. The Morgan fingerprint density at radius 3 is 2.39 bits per heavy atom. The maximum atomic E-state index is 13.4. The number of ether oxygens (including phenoxy) is 2. The Balaban J connectivity index is 0.00000600. The molecule has 1 aliphatic carbocycles. The van der Waals surface area contributed by atoms with Gasteiger partial charge in [0.15, 0.2) is 0 Å². The fourth-order valence-electron chi connectivity index (χ4n) is 7.00. The van der Waals surface area contributed by atoms with Crippen LogP contribution in [0.5, 0.6) is 11.5 Å². The van der Waals surface area contributed by atoms with Crippen LogP contribution in [0.4, 0.5) is 10.4 Å². The molecule has 2 aromatic carbocycles. The van der Waals surface area contributed by atoms with Gasteiger partial charge in [-0.2, -0.15) is 0 Å². The van der Waals surface area contributed by atoms with E-state index in [9.17, 15) is 29.7 Å². The van der Waals surface area contributed by atoms with E-state index in [1.807, 2.05) is 29.9 Å². The van der Waals surface area contributed by atoms with Gasteiger partial charge in [0.2, 0.25) is 17.1 Å². The zero-order valence-electron chi connectivity index (χ0n) is 31.0. The van der Waals surface area contributed by atoms with E-state index in [0.29, 0.717) is 69.5 Å². The van der Waals surface area contributed by atoms with Crippen LogP contribution in [0.15, 0.2) is 76.2 Å². The van der Waals surface area contributed by atoms with Crippen LogP contribution in [0.1, 0.15) is 59.1 Å². The average molecular weight is 829 g/mol. The minimum Gasteiger partial charge on any atom is -0.506 e. The van der Waals surface area contributed by atoms with Crippen LogP contribution >= 0.6 is 34.3 Å². The van der Waals surface area contributed by atoms with Crippen molar-refractivity contribution >= 4 is 62.7 Å². The number of aromatic amines is 1. The quantitative estimate of drug-likeness (QED) is 0.0505. The number of phenols is 1. The molecule has 1 amide bonds. The summed E-state index contributed by atoms with van der Waals surface area (Å²) in [6.07, 6.45) is 2.50. The number of carbonyl (C=O) groups excluding carboxylic acids is 2. The Hall–Kier alpha value is -4.35. The molecule has 6 N–H and O–H groups in total. The highest BCUT2D eigenvalue weighted by molar-refractivity contribution is 7.12. The van der Waals surface area contributed by atoms with E-state index < -0.39 is 17.7 Å². The number of nitrogens with zero attached hydrogens (tertiary/aromatic N) is 1. The zero-order chi connectivity index (χ0) is 39.1. The van der Waals surface area contributed by atoms with Gasteiger partial charge < -0.3 is 45.3 Å². The molecule has 1 aliphatic rings. The van der Waals surface area contributed by atoms with Gasteiger partial charge in [-0.25, -0.2) is 4.79 Å². The van der Waals surface area contributed by atoms with Crippen LogP contribution in [0.2, 0.25) is 5.02 Å². The second-order valence-corrected chi connectivity index (χ2v) is 16.0. The molecule has 3 heterocycles. The van der Waals surface area contributed by atoms with E-state index in [-0.39, 0.29) is 52.5 Å². The number of hydrogen-bond donors (Lipinski definition) is 6. The molecule has 1 unspecified atom stereocenters. The van der Waals surface area contributed by atoms with Gasteiger partial charge in [0.1, 0.15) is 17.6 Å². The topological polar surface area (TPSA) is 173 Å². The smallest absolute Gasteiger partial charge is 0.349 e. The molecule has 300 valence electrons. The minimum atomic E-state index is -1.82. The normalized spacial score (nSPS) is 16.3. The summed E-state index contributed by atoms with van der Waals surface area (Å²) in [6.45, 7) is 1.24. The molecule has 1 atom stereocenters. The Bertz CT molecular complexity index is 2110. The third kappa shape index (κ3) is 9.77. The van der Waals surface area contributed by atoms with Crippen molar-refractivity contribution in [3.05, 3.63) is 108 Å². The highest BCUT2D eigenvalue weighted by Gasteiger charge is 2.45. The number of hydrogen-bond acceptors (Lipinski definition) is 12. The standard InChI is InChI=1S/C40H45ClN4O8S2.FH/c1-45(25-7-9-26(10-8-25)53-39(50)40(51,34-5-3-19-54-34)35-6-4-20-55-35)18-16-37(49)43-30-22-33(52-2)24(21-29(30)41)15-17-42-23-32(47)27-11-13-31(46)38-28(27)12-14-36(48)44-38;/h3-6,11-14,19-22,25-26,32,42,46-47,51H,7-10,15-18,23H2,1-2H3,(H,43,49)(H,44,48);1H. The fourth-order valence-corrected chi connectivity index (χ4v) is 8.95. The van der Waals surface area contributed by atoms with Crippen molar-refractivity contribution in [1.82, 2.24) is 15.2 Å². The maximum absolute atomic E-state index is 13.4. The van der Waals surface area contributed by atoms with Crippen molar-refractivity contribution in [3.8, 4) is 11.5 Å². The summed E-state index contributed by atoms with van der Waals surface area (Å²) in [7, 11) is 3.54. The lowest BCUT2D eigenvalue weighted by Crippen LogP contribution is -2.42. The average Bonchev–Trinajstić information content (AvgIpc) is 3.93. The molecule has 0 radical (unpaired) electrons. The first-order valence-electron chi connectivity index (χ1n) is 18.1. The van der Waals surface area contributed by atoms with Gasteiger partial charge in [-0.05, 0) is 97.9 Å². The first-order chi connectivity index (χ1) is 26.5. The monoisotopic (exact) mass is 828 g/mol. The van der Waals surface area contributed by atoms with Crippen molar-refractivity contribution in [1.29, 1.82) is 0 Å². The third-order valence-electron chi connectivity index (χ3n) is 10.1. The molecule has 3 aromatic heterocycles. The van der Waals surface area contributed by atoms with Gasteiger partial charge in [0.05, 0.1) is 39.2 Å². The molecule has 0 aliphatic heterocycles. The number of anilines is 1. The SMILES string of the molecule is COc1cc(NC(=O)CCN(C)C2CCC(OC(=O)C(O)(c3cccs3)c3cccs3)CC2)c(Cl)cc1CCNCC(O)c1ccc(O)c2[nH]c(=O)ccc12.F. The van der Waals surface area contributed by atoms with Gasteiger partial charge in [-0.1, -0.05) is 29.8 Å². The van der Waals surface area contributed by atoms with Gasteiger partial charge in [-0.3, -0.25) is 14.3 Å². The summed E-state index contributed by atoms with van der Waals surface area (Å²) in [5.74, 6) is -0.342. The molecular formula is C40H46ClFN4O8S2. The number of methoxy groups -OCH3 is 1. The molecular weight excluding hydrogens is 783 g/mol. The van der Waals surface area contributed by atoms with Gasteiger partial charge >= 0.3 is 5.97 Å². The van der Waals surface area contributed by atoms with Crippen LogP contribution in [0, 0.1) is 0 Å². The highest BCUT2D eigenvalue weighted by Crippen LogP contribution is 2.38. The summed E-state index contributed by atoms with van der Waals surface area (Å²) in [5.41, 5.74) is -0.0489. The van der Waals surface area contributed by atoms with E-state index in [4.69, 9.17) is 21.1 Å². The van der Waals surface area contributed by atoms with Crippen molar-refractivity contribution < 1.29 is 39.1 Å². The van der Waals surface area contributed by atoms with Crippen LogP contribution < -0.4 is 20.9 Å². The van der Waals surface area contributed by atoms with Crippen LogP contribution in [-0.2, 0) is 26.3 Å². The lowest BCUT2D eigenvalue weighted by Gasteiger charge is -2.35. The number of fused-ring (bicyclic) bond motifs is 1. The number of halogens is 2. The summed E-state index contributed by atoms with van der Waals surface area (Å²) in [5, 5.41) is 43.3. The predicted octanol–water partition coefficient (Wildman–Crippen LogP) is 6.09.